The molecule has 0 N–H and O–H groups in total. The molecule has 0 heterocycles. The SMILES string of the molecule is C.CC(C)(C)C(=O)CCc1ccccc1.CC(C)(C)C(=O)CCc1ccccc1. The van der Waals surface area contributed by atoms with Crippen molar-refractivity contribution in [2.45, 2.75) is 74.7 Å². The third-order valence-electron chi connectivity index (χ3n) is 4.64. The van der Waals surface area contributed by atoms with E-state index >= 15 is 0 Å². The van der Waals surface area contributed by atoms with Gasteiger partial charge in [-0.25, -0.2) is 0 Å². The zero-order valence-electron chi connectivity index (χ0n) is 18.4. The van der Waals surface area contributed by atoms with Crippen LogP contribution in [0.5, 0.6) is 0 Å². The summed E-state index contributed by atoms with van der Waals surface area (Å²) >= 11 is 0. The van der Waals surface area contributed by atoms with Gasteiger partial charge >= 0.3 is 0 Å². The predicted molar refractivity (Wildman–Crippen MR) is 125 cm³/mol. The molecule has 0 aliphatic rings. The predicted octanol–water partition coefficient (Wildman–Crippen LogP) is 7.10. The molecule has 0 aromatic heterocycles. The van der Waals surface area contributed by atoms with Crippen LogP contribution in [0.1, 0.15) is 72.9 Å². The molecule has 0 saturated carbocycles. The van der Waals surface area contributed by atoms with Gasteiger partial charge < -0.3 is 0 Å². The van der Waals surface area contributed by atoms with Crippen molar-refractivity contribution in [2.75, 3.05) is 0 Å². The lowest BCUT2D eigenvalue weighted by Crippen LogP contribution is -2.20. The van der Waals surface area contributed by atoms with Gasteiger partial charge in [-0.05, 0) is 24.0 Å². The van der Waals surface area contributed by atoms with Crippen molar-refractivity contribution in [3.8, 4) is 0 Å². The maximum atomic E-state index is 11.6. The minimum absolute atomic E-state index is 0. The lowest BCUT2D eigenvalue weighted by molar-refractivity contribution is -0.126. The fraction of sp³-hybridized carbons (Fsp3) is 0.481. The summed E-state index contributed by atoms with van der Waals surface area (Å²) < 4.78 is 0. The molecule has 0 saturated heterocycles. The van der Waals surface area contributed by atoms with Crippen LogP contribution in [-0.2, 0) is 22.4 Å². The van der Waals surface area contributed by atoms with Gasteiger partial charge in [0.15, 0.2) is 0 Å². The Balaban J connectivity index is 0.000000523. The average Bonchev–Trinajstić information content (AvgIpc) is 2.64. The van der Waals surface area contributed by atoms with Crippen molar-refractivity contribution in [1.29, 1.82) is 0 Å². The van der Waals surface area contributed by atoms with Gasteiger partial charge in [-0.2, -0.15) is 0 Å². The van der Waals surface area contributed by atoms with Gasteiger partial charge in [-0.3, -0.25) is 9.59 Å². The first kappa shape index (κ1) is 26.8. The second kappa shape index (κ2) is 12.4. The molecule has 0 unspecified atom stereocenters. The number of ketones is 2. The first-order valence-corrected chi connectivity index (χ1v) is 10.1. The standard InChI is InChI=1S/2C13H18O.CH4/c2*1-13(2,3)12(14)10-9-11-7-5-4-6-8-11;/h2*4-8H,9-10H2,1-3H3;1H4. The Morgan fingerprint density at radius 3 is 1.10 bits per heavy atom. The molecular formula is C27H40O2. The Hall–Kier alpha value is -2.22. The Morgan fingerprint density at radius 2 is 0.862 bits per heavy atom. The zero-order valence-corrected chi connectivity index (χ0v) is 18.4. The lowest BCUT2D eigenvalue weighted by Gasteiger charge is -2.16. The quantitative estimate of drug-likeness (QED) is 0.521. The highest BCUT2D eigenvalue weighted by Gasteiger charge is 2.20. The van der Waals surface area contributed by atoms with E-state index in [1.165, 1.54) is 11.1 Å². The number of rotatable bonds is 6. The average molecular weight is 397 g/mol. The second-order valence-electron chi connectivity index (χ2n) is 9.32. The summed E-state index contributed by atoms with van der Waals surface area (Å²) in [4.78, 5) is 23.3. The van der Waals surface area contributed by atoms with Gasteiger partial charge in [-0.15, -0.1) is 0 Å². The molecule has 2 nitrogen and oxygen atoms in total. The molecule has 0 amide bonds. The van der Waals surface area contributed by atoms with Crippen LogP contribution in [0.25, 0.3) is 0 Å². The van der Waals surface area contributed by atoms with E-state index in [2.05, 4.69) is 24.3 Å². The minimum Gasteiger partial charge on any atom is -0.299 e. The van der Waals surface area contributed by atoms with Gasteiger partial charge in [-0.1, -0.05) is 110 Å². The summed E-state index contributed by atoms with van der Waals surface area (Å²) in [6, 6.07) is 20.3. The van der Waals surface area contributed by atoms with Crippen LogP contribution in [0.3, 0.4) is 0 Å². The van der Waals surface area contributed by atoms with Crippen LogP contribution >= 0.6 is 0 Å². The van der Waals surface area contributed by atoms with Gasteiger partial charge in [0.25, 0.3) is 0 Å². The summed E-state index contributed by atoms with van der Waals surface area (Å²) in [6.07, 6.45) is 3.01. The molecule has 2 aromatic carbocycles. The molecule has 0 bridgehead atoms. The smallest absolute Gasteiger partial charge is 0.138 e. The molecule has 2 aromatic rings. The van der Waals surface area contributed by atoms with Crippen molar-refractivity contribution in [3.05, 3.63) is 71.8 Å². The van der Waals surface area contributed by atoms with Crippen molar-refractivity contribution in [2.24, 2.45) is 10.8 Å². The van der Waals surface area contributed by atoms with Gasteiger partial charge in [0.1, 0.15) is 11.6 Å². The third kappa shape index (κ3) is 11.4. The number of aryl methyl sites for hydroxylation is 2. The summed E-state index contributed by atoms with van der Waals surface area (Å²) in [6.45, 7) is 11.8. The molecule has 29 heavy (non-hydrogen) atoms. The Labute approximate surface area is 178 Å². The lowest BCUT2D eigenvalue weighted by atomic mass is 9.87. The van der Waals surface area contributed by atoms with Crippen LogP contribution in [-0.4, -0.2) is 11.6 Å². The van der Waals surface area contributed by atoms with Crippen LogP contribution in [0.4, 0.5) is 0 Å². The van der Waals surface area contributed by atoms with E-state index in [9.17, 15) is 9.59 Å². The molecule has 160 valence electrons. The van der Waals surface area contributed by atoms with E-state index in [1.54, 1.807) is 0 Å². The van der Waals surface area contributed by atoms with Crippen LogP contribution < -0.4 is 0 Å². The number of carbonyl (C=O) groups excluding carboxylic acids is 2. The van der Waals surface area contributed by atoms with Crippen LogP contribution in [0, 0.1) is 10.8 Å². The number of hydrogen-bond donors (Lipinski definition) is 0. The first-order chi connectivity index (χ1) is 13.0. The highest BCUT2D eigenvalue weighted by atomic mass is 16.1. The summed E-state index contributed by atoms with van der Waals surface area (Å²) in [5, 5.41) is 0. The third-order valence-corrected chi connectivity index (χ3v) is 4.64. The number of carbonyl (C=O) groups is 2. The second-order valence-corrected chi connectivity index (χ2v) is 9.32. The maximum Gasteiger partial charge on any atom is 0.138 e. The van der Waals surface area contributed by atoms with E-state index in [1.807, 2.05) is 77.9 Å². The molecule has 2 rings (SSSR count). The van der Waals surface area contributed by atoms with E-state index in [0.29, 0.717) is 24.4 Å². The number of benzene rings is 2. The van der Waals surface area contributed by atoms with E-state index in [-0.39, 0.29) is 18.3 Å². The zero-order chi connectivity index (χ0) is 21.2. The summed E-state index contributed by atoms with van der Waals surface area (Å²) in [5.41, 5.74) is 2.08. The summed E-state index contributed by atoms with van der Waals surface area (Å²) in [5.74, 6) is 0.669. The van der Waals surface area contributed by atoms with Crippen LogP contribution in [0.15, 0.2) is 60.7 Å². The minimum atomic E-state index is -0.200. The number of Topliss-reactive ketones (excluding diaryl/α,β-unsaturated/α-hetero) is 2. The Bertz CT molecular complexity index is 651. The molecule has 0 fully saturated rings. The topological polar surface area (TPSA) is 34.1 Å². The molecule has 0 spiro atoms. The fourth-order valence-electron chi connectivity index (χ4n) is 2.56. The first-order valence-electron chi connectivity index (χ1n) is 10.1. The summed E-state index contributed by atoms with van der Waals surface area (Å²) in [7, 11) is 0. The van der Waals surface area contributed by atoms with Crippen molar-refractivity contribution < 1.29 is 9.59 Å². The monoisotopic (exact) mass is 396 g/mol. The largest absolute Gasteiger partial charge is 0.299 e. The highest BCUT2D eigenvalue weighted by Crippen LogP contribution is 2.19. The fourth-order valence-corrected chi connectivity index (χ4v) is 2.56. The number of hydrogen-bond acceptors (Lipinski definition) is 2. The maximum absolute atomic E-state index is 11.6. The van der Waals surface area contributed by atoms with E-state index < -0.39 is 0 Å². The Morgan fingerprint density at radius 1 is 0.586 bits per heavy atom. The van der Waals surface area contributed by atoms with Gasteiger partial charge in [0.2, 0.25) is 0 Å². The van der Waals surface area contributed by atoms with E-state index in [0.717, 1.165) is 12.8 Å². The van der Waals surface area contributed by atoms with Crippen molar-refractivity contribution in [3.63, 3.8) is 0 Å². The van der Waals surface area contributed by atoms with Gasteiger partial charge in [0, 0.05) is 23.7 Å². The Kier molecular flexibility index (Phi) is 11.4. The van der Waals surface area contributed by atoms with Crippen LogP contribution in [0.2, 0.25) is 0 Å². The van der Waals surface area contributed by atoms with Gasteiger partial charge in [0.05, 0.1) is 0 Å². The van der Waals surface area contributed by atoms with Crippen molar-refractivity contribution in [1.82, 2.24) is 0 Å². The highest BCUT2D eigenvalue weighted by molar-refractivity contribution is 5.84. The molecule has 2 heteroatoms. The molecule has 0 radical (unpaired) electrons. The molecule has 0 aliphatic heterocycles. The van der Waals surface area contributed by atoms with Crippen molar-refractivity contribution >= 4 is 11.6 Å². The molecule has 0 aliphatic carbocycles. The molecule has 0 atom stereocenters. The molecular weight excluding hydrogens is 356 g/mol. The van der Waals surface area contributed by atoms with E-state index in [4.69, 9.17) is 0 Å². The normalized spacial score (nSPS) is 11.0.